The third kappa shape index (κ3) is 4.20. The number of fused-ring (bicyclic) bond motifs is 1. The molecule has 2 amide bonds. The van der Waals surface area contributed by atoms with Gasteiger partial charge in [-0.25, -0.2) is 15.0 Å². The van der Waals surface area contributed by atoms with Gasteiger partial charge in [0.25, 0.3) is 5.91 Å². The number of nitrogens with zero attached hydrogens (tertiary/aromatic N) is 5. The monoisotopic (exact) mass is 401 g/mol. The van der Waals surface area contributed by atoms with Crippen LogP contribution in [0.15, 0.2) is 59.7 Å². The normalized spacial score (nSPS) is 14.0. The standard InChI is InChI=1S/C23H23N5O2/c1-16-18-10-6-7-11-19(18)25-21(24-16)15-27(2)23(30)20-12-13-22(29)28(26-20)14-17-8-4-3-5-9-17/h3-11H,12-15H2,1-2H3. The Bertz CT molecular complexity index is 1130. The molecule has 0 saturated carbocycles. The molecule has 152 valence electrons. The zero-order valence-corrected chi connectivity index (χ0v) is 17.1. The third-order valence-corrected chi connectivity index (χ3v) is 5.09. The van der Waals surface area contributed by atoms with Crippen molar-refractivity contribution in [2.75, 3.05) is 7.05 Å². The second-order valence-corrected chi connectivity index (χ2v) is 7.39. The molecular weight excluding hydrogens is 378 g/mol. The van der Waals surface area contributed by atoms with Crippen molar-refractivity contribution in [2.45, 2.75) is 32.9 Å². The van der Waals surface area contributed by atoms with Crippen LogP contribution in [0.3, 0.4) is 0 Å². The van der Waals surface area contributed by atoms with E-state index in [0.717, 1.165) is 22.2 Å². The molecule has 0 spiro atoms. The van der Waals surface area contributed by atoms with Gasteiger partial charge in [-0.15, -0.1) is 0 Å². The zero-order chi connectivity index (χ0) is 21.1. The Hall–Kier alpha value is -3.61. The first-order chi connectivity index (χ1) is 14.5. The predicted octanol–water partition coefficient (Wildman–Crippen LogP) is 3.08. The number of hydrogen-bond donors (Lipinski definition) is 0. The highest BCUT2D eigenvalue weighted by atomic mass is 16.2. The largest absolute Gasteiger partial charge is 0.333 e. The molecule has 7 heteroatoms. The lowest BCUT2D eigenvalue weighted by molar-refractivity contribution is -0.132. The van der Waals surface area contributed by atoms with Crippen LogP contribution in [0.5, 0.6) is 0 Å². The fraction of sp³-hybridized carbons (Fsp3) is 0.261. The summed E-state index contributed by atoms with van der Waals surface area (Å²) in [6, 6.07) is 17.4. The number of rotatable bonds is 5. The Balaban J connectivity index is 1.50. The molecule has 2 aromatic carbocycles. The van der Waals surface area contributed by atoms with Crippen molar-refractivity contribution in [3.05, 3.63) is 71.7 Å². The Labute approximate surface area is 175 Å². The van der Waals surface area contributed by atoms with E-state index >= 15 is 0 Å². The van der Waals surface area contributed by atoms with E-state index < -0.39 is 0 Å². The molecular formula is C23H23N5O2. The molecule has 1 aliphatic heterocycles. The van der Waals surface area contributed by atoms with Crippen LogP contribution in [-0.4, -0.2) is 44.5 Å². The summed E-state index contributed by atoms with van der Waals surface area (Å²) >= 11 is 0. The van der Waals surface area contributed by atoms with Gasteiger partial charge in [0.2, 0.25) is 5.91 Å². The number of carbonyl (C=O) groups excluding carboxylic acids is 2. The van der Waals surface area contributed by atoms with Gasteiger partial charge in [0.15, 0.2) is 0 Å². The highest BCUT2D eigenvalue weighted by molar-refractivity contribution is 6.39. The van der Waals surface area contributed by atoms with Gasteiger partial charge in [-0.05, 0) is 18.6 Å². The van der Waals surface area contributed by atoms with Crippen molar-refractivity contribution in [1.82, 2.24) is 19.9 Å². The molecule has 3 aromatic rings. The summed E-state index contributed by atoms with van der Waals surface area (Å²) in [4.78, 5) is 35.9. The molecule has 2 heterocycles. The SMILES string of the molecule is Cc1nc(CN(C)C(=O)C2=NN(Cc3ccccc3)C(=O)CC2)nc2ccccc12. The smallest absolute Gasteiger partial charge is 0.270 e. The van der Waals surface area contributed by atoms with Crippen molar-refractivity contribution in [2.24, 2.45) is 5.10 Å². The van der Waals surface area contributed by atoms with Gasteiger partial charge in [0.05, 0.1) is 18.6 Å². The van der Waals surface area contributed by atoms with E-state index in [1.54, 1.807) is 11.9 Å². The quantitative estimate of drug-likeness (QED) is 0.658. The van der Waals surface area contributed by atoms with E-state index in [2.05, 4.69) is 15.1 Å². The second-order valence-electron chi connectivity index (χ2n) is 7.39. The van der Waals surface area contributed by atoms with E-state index in [1.807, 2.05) is 61.5 Å². The lowest BCUT2D eigenvalue weighted by Crippen LogP contribution is -2.39. The minimum absolute atomic E-state index is 0.0773. The fourth-order valence-electron chi connectivity index (χ4n) is 3.51. The number of benzene rings is 2. The highest BCUT2D eigenvalue weighted by Gasteiger charge is 2.26. The zero-order valence-electron chi connectivity index (χ0n) is 17.1. The van der Waals surface area contributed by atoms with Crippen LogP contribution >= 0.6 is 0 Å². The van der Waals surface area contributed by atoms with Crippen LogP contribution < -0.4 is 0 Å². The molecule has 0 saturated heterocycles. The van der Waals surface area contributed by atoms with Gasteiger partial charge in [0, 0.05) is 31.0 Å². The number of para-hydroxylation sites is 1. The van der Waals surface area contributed by atoms with Crippen LogP contribution in [0, 0.1) is 6.92 Å². The number of carbonyl (C=O) groups is 2. The Morgan fingerprint density at radius 2 is 1.77 bits per heavy atom. The molecule has 30 heavy (non-hydrogen) atoms. The molecule has 7 nitrogen and oxygen atoms in total. The topological polar surface area (TPSA) is 78.8 Å². The molecule has 0 N–H and O–H groups in total. The van der Waals surface area contributed by atoms with Crippen LogP contribution in [0.2, 0.25) is 0 Å². The first-order valence-corrected chi connectivity index (χ1v) is 9.91. The Kier molecular flexibility index (Phi) is 5.52. The Morgan fingerprint density at radius 1 is 1.03 bits per heavy atom. The first kappa shape index (κ1) is 19.7. The van der Waals surface area contributed by atoms with Crippen LogP contribution in [-0.2, 0) is 22.7 Å². The minimum Gasteiger partial charge on any atom is -0.333 e. The first-order valence-electron chi connectivity index (χ1n) is 9.91. The van der Waals surface area contributed by atoms with E-state index in [0.29, 0.717) is 24.5 Å². The molecule has 0 atom stereocenters. The average molecular weight is 401 g/mol. The predicted molar refractivity (Wildman–Crippen MR) is 114 cm³/mol. The molecule has 0 radical (unpaired) electrons. The van der Waals surface area contributed by atoms with E-state index in [-0.39, 0.29) is 24.8 Å². The summed E-state index contributed by atoms with van der Waals surface area (Å²) in [6.45, 7) is 2.57. The van der Waals surface area contributed by atoms with Gasteiger partial charge in [-0.3, -0.25) is 9.59 Å². The number of amides is 2. The van der Waals surface area contributed by atoms with E-state index in [9.17, 15) is 9.59 Å². The summed E-state index contributed by atoms with van der Waals surface area (Å²) in [7, 11) is 1.71. The molecule has 0 unspecified atom stereocenters. The van der Waals surface area contributed by atoms with Crippen molar-refractivity contribution in [3.63, 3.8) is 0 Å². The van der Waals surface area contributed by atoms with E-state index in [1.165, 1.54) is 5.01 Å². The second kappa shape index (κ2) is 8.41. The molecule has 0 bridgehead atoms. The Morgan fingerprint density at radius 3 is 2.57 bits per heavy atom. The fourth-order valence-corrected chi connectivity index (χ4v) is 3.51. The van der Waals surface area contributed by atoms with Crippen LogP contribution in [0.25, 0.3) is 10.9 Å². The highest BCUT2D eigenvalue weighted by Crippen LogP contribution is 2.17. The summed E-state index contributed by atoms with van der Waals surface area (Å²) in [5.41, 5.74) is 3.09. The van der Waals surface area contributed by atoms with Gasteiger partial charge in [-0.1, -0.05) is 48.5 Å². The number of aromatic nitrogens is 2. The minimum atomic E-state index is -0.213. The van der Waals surface area contributed by atoms with Crippen molar-refractivity contribution >= 4 is 28.4 Å². The van der Waals surface area contributed by atoms with Crippen molar-refractivity contribution in [3.8, 4) is 0 Å². The van der Waals surface area contributed by atoms with E-state index in [4.69, 9.17) is 0 Å². The number of aryl methyl sites for hydroxylation is 1. The van der Waals surface area contributed by atoms with Gasteiger partial charge < -0.3 is 4.90 Å². The van der Waals surface area contributed by atoms with Crippen LogP contribution in [0.4, 0.5) is 0 Å². The maximum Gasteiger partial charge on any atom is 0.270 e. The number of hydrazone groups is 1. The molecule has 1 aliphatic rings. The van der Waals surface area contributed by atoms with Crippen molar-refractivity contribution < 1.29 is 9.59 Å². The summed E-state index contributed by atoms with van der Waals surface area (Å²) < 4.78 is 0. The van der Waals surface area contributed by atoms with Crippen molar-refractivity contribution in [1.29, 1.82) is 0 Å². The summed E-state index contributed by atoms with van der Waals surface area (Å²) in [5, 5.41) is 6.74. The van der Waals surface area contributed by atoms with Gasteiger partial charge in [0.1, 0.15) is 11.5 Å². The summed E-state index contributed by atoms with van der Waals surface area (Å²) in [6.07, 6.45) is 0.613. The molecule has 0 fully saturated rings. The maximum atomic E-state index is 13.0. The van der Waals surface area contributed by atoms with Gasteiger partial charge in [-0.2, -0.15) is 5.10 Å². The maximum absolute atomic E-state index is 13.0. The molecule has 0 aliphatic carbocycles. The lowest BCUT2D eigenvalue weighted by Gasteiger charge is -2.25. The number of hydrogen-bond acceptors (Lipinski definition) is 5. The third-order valence-electron chi connectivity index (χ3n) is 5.09. The lowest BCUT2D eigenvalue weighted by atomic mass is 10.1. The molecule has 1 aromatic heterocycles. The van der Waals surface area contributed by atoms with Crippen LogP contribution in [0.1, 0.15) is 29.9 Å². The van der Waals surface area contributed by atoms with Gasteiger partial charge >= 0.3 is 0 Å². The molecule has 4 rings (SSSR count). The summed E-state index contributed by atoms with van der Waals surface area (Å²) in [5.74, 6) is 0.289. The average Bonchev–Trinajstić information content (AvgIpc) is 2.75.